The third-order valence-corrected chi connectivity index (χ3v) is 10.5. The number of imide groups is 4. The summed E-state index contributed by atoms with van der Waals surface area (Å²) >= 11 is 0. The van der Waals surface area contributed by atoms with Gasteiger partial charge in [-0.1, -0.05) is 7.43 Å². The highest BCUT2D eigenvalue weighted by Gasteiger charge is 2.33. The number of methoxy groups -OCH3 is 2. The van der Waals surface area contributed by atoms with Gasteiger partial charge in [-0.05, 0) is 19.3 Å². The van der Waals surface area contributed by atoms with Crippen LogP contribution in [-0.4, -0.2) is 194 Å². The molecule has 444 valence electrons. The first kappa shape index (κ1) is 71.7. The number of hydroxylamine groups is 2. The number of hydrazine groups is 2. The number of nitrogens with zero attached hydrogens (tertiary/aromatic N) is 4. The normalized spacial score (nSPS) is 13.9. The van der Waals surface area contributed by atoms with Crippen molar-refractivity contribution in [3.05, 3.63) is 36.5 Å². The Hall–Kier alpha value is -8.26. The molecule has 0 spiro atoms. The van der Waals surface area contributed by atoms with Gasteiger partial charge in [-0.25, -0.2) is 21.3 Å². The predicted octanol–water partition coefficient (Wildman–Crippen LogP) is -2.09. The zero-order valence-electron chi connectivity index (χ0n) is 43.9. The minimum absolute atomic E-state index is 0. The summed E-state index contributed by atoms with van der Waals surface area (Å²) in [6.07, 6.45) is 9.30. The maximum Gasteiger partial charge on any atom is 0.421 e. The highest BCUT2D eigenvalue weighted by molar-refractivity contribution is 6.14. The van der Waals surface area contributed by atoms with Crippen LogP contribution in [0.4, 0.5) is 4.79 Å². The highest BCUT2D eigenvalue weighted by atomic mass is 16.7. The van der Waals surface area contributed by atoms with E-state index in [0.717, 1.165) is 14.7 Å². The number of hydrogen-bond acceptors (Lipinski definition) is 24. The summed E-state index contributed by atoms with van der Waals surface area (Å²) in [6.45, 7) is 1.47. The largest absolute Gasteiger partial charge is 0.468 e. The third kappa shape index (κ3) is 31.2. The summed E-state index contributed by atoms with van der Waals surface area (Å²) in [7, 11) is 2.47. The van der Waals surface area contributed by atoms with Crippen molar-refractivity contribution in [1.82, 2.24) is 35.9 Å². The molecule has 4 heterocycles. The molecular weight excluding hydrogens is 1070 g/mol. The fourth-order valence-corrected chi connectivity index (χ4v) is 6.21. The number of rotatable bonds is 33. The molecule has 0 aromatic carbocycles. The molecule has 11 amide bonds. The molecule has 0 radical (unpaired) electrons. The van der Waals surface area contributed by atoms with Gasteiger partial charge in [0.25, 0.3) is 47.3 Å². The Morgan fingerprint density at radius 1 is 0.450 bits per heavy atom. The summed E-state index contributed by atoms with van der Waals surface area (Å²) in [5.41, 5.74) is 3.74. The lowest BCUT2D eigenvalue weighted by molar-refractivity contribution is -0.198. The molecule has 7 N–H and O–H groups in total. The lowest BCUT2D eigenvalue weighted by atomic mass is 10.1. The fraction of sp³-hybridized carbons (Fsp3) is 0.551. The molecule has 4 rings (SSSR count). The van der Waals surface area contributed by atoms with Crippen LogP contribution in [0, 0.1) is 0 Å². The summed E-state index contributed by atoms with van der Waals surface area (Å²) < 4.78 is 24.0. The Kier molecular flexibility index (Phi) is 37.5. The summed E-state index contributed by atoms with van der Waals surface area (Å²) in [4.78, 5) is 187. The number of Topliss-reactive ketones (excluding diaryl/α,β-unsaturated/α-hetero) is 3. The average Bonchev–Trinajstić information content (AvgIpc) is 4.15. The minimum atomic E-state index is -0.747. The van der Waals surface area contributed by atoms with E-state index in [-0.39, 0.29) is 165 Å². The number of esters is 1. The van der Waals surface area contributed by atoms with E-state index in [1.54, 1.807) is 5.43 Å². The lowest BCUT2D eigenvalue weighted by Crippen LogP contribution is -2.32. The van der Waals surface area contributed by atoms with Crippen LogP contribution in [0.5, 0.6) is 0 Å². The van der Waals surface area contributed by atoms with Gasteiger partial charge in [-0.2, -0.15) is 0 Å². The Bertz CT molecular complexity index is 2230. The van der Waals surface area contributed by atoms with Gasteiger partial charge in [0, 0.05) is 134 Å². The van der Waals surface area contributed by atoms with E-state index >= 15 is 0 Å². The maximum atomic E-state index is 11.7. The van der Waals surface area contributed by atoms with Gasteiger partial charge in [0.05, 0.1) is 46.9 Å². The molecule has 31 nitrogen and oxygen atoms in total. The number of hydrogen-bond donors (Lipinski definition) is 5. The molecule has 0 aromatic rings. The molecule has 4 aliphatic rings. The smallest absolute Gasteiger partial charge is 0.421 e. The van der Waals surface area contributed by atoms with E-state index in [4.69, 9.17) is 20.1 Å². The molecule has 31 heteroatoms. The minimum Gasteiger partial charge on any atom is -0.468 e. The van der Waals surface area contributed by atoms with E-state index in [1.165, 1.54) is 50.7 Å². The van der Waals surface area contributed by atoms with E-state index in [9.17, 15) is 76.7 Å². The molecule has 4 aliphatic heterocycles. The molecule has 0 atom stereocenters. The van der Waals surface area contributed by atoms with Gasteiger partial charge in [-0.3, -0.25) is 92.7 Å². The van der Waals surface area contributed by atoms with Crippen LogP contribution >= 0.6 is 0 Å². The SMILES string of the molecule is C.COC(=O)CNC(=O)CCOCCCC(=O)CCN1C(=O)C=CC1=O.COC(=O)NN.NNC(=O)CCOCCCC(=O)CCN1C(=O)C=CC1=O.O=C(CCCOCCC(=O)ON1C(=O)CCC1=O)CCN1C(=O)C=CC1=O. The maximum absolute atomic E-state index is 11.7. The quantitative estimate of drug-likeness (QED) is 0.0117. The fourth-order valence-electron chi connectivity index (χ4n) is 6.21. The van der Waals surface area contributed by atoms with Crippen molar-refractivity contribution in [2.24, 2.45) is 11.7 Å². The van der Waals surface area contributed by atoms with Gasteiger partial charge in [0.2, 0.25) is 11.8 Å². The van der Waals surface area contributed by atoms with Crippen LogP contribution in [0.2, 0.25) is 0 Å². The van der Waals surface area contributed by atoms with Gasteiger partial charge in [0.1, 0.15) is 23.9 Å². The molecule has 80 heavy (non-hydrogen) atoms. The molecule has 0 unspecified atom stereocenters. The van der Waals surface area contributed by atoms with Crippen LogP contribution in [-0.2, 0) is 100 Å². The van der Waals surface area contributed by atoms with Crippen molar-refractivity contribution in [2.75, 3.05) is 80.0 Å². The van der Waals surface area contributed by atoms with Crippen LogP contribution in [0.25, 0.3) is 0 Å². The van der Waals surface area contributed by atoms with E-state index < -0.39 is 53.5 Å². The molecule has 0 aliphatic carbocycles. The second kappa shape index (κ2) is 41.8. The van der Waals surface area contributed by atoms with Gasteiger partial charge in [0.15, 0.2) is 0 Å². The Morgan fingerprint density at radius 3 is 1.11 bits per heavy atom. The molecule has 0 aromatic heterocycles. The zero-order valence-corrected chi connectivity index (χ0v) is 43.9. The van der Waals surface area contributed by atoms with Gasteiger partial charge >= 0.3 is 18.0 Å². The van der Waals surface area contributed by atoms with Crippen molar-refractivity contribution in [1.29, 1.82) is 0 Å². The highest BCUT2D eigenvalue weighted by Crippen LogP contribution is 2.13. The number of ketones is 3. The zero-order chi connectivity index (χ0) is 59.1. The van der Waals surface area contributed by atoms with Crippen LogP contribution in [0.15, 0.2) is 36.5 Å². The number of amides is 11. The van der Waals surface area contributed by atoms with Crippen molar-refractivity contribution in [3.8, 4) is 0 Å². The van der Waals surface area contributed by atoms with Crippen molar-refractivity contribution < 1.29 is 105 Å². The van der Waals surface area contributed by atoms with Crippen LogP contribution in [0.1, 0.15) is 97.3 Å². The lowest BCUT2D eigenvalue weighted by Gasteiger charge is -2.13. The van der Waals surface area contributed by atoms with Crippen LogP contribution in [0.3, 0.4) is 0 Å². The van der Waals surface area contributed by atoms with E-state index in [0.29, 0.717) is 44.0 Å². The third-order valence-electron chi connectivity index (χ3n) is 10.5. The standard InChI is InChI=1S/C17H20N2O8.C16H22N2O7.C13H19N3O5.C2H6N2O2.CH4/c20-12(7-9-18-13(21)3-4-14(18)22)2-1-10-26-11-8-17(25)27-19-15(23)5-6-16(19)24;1-24-16(23)11-17-13(20)7-10-25-9-2-3-12(19)6-8-18-14(21)4-5-15(18)22;14-15-11(18)6-9-21-8-1-2-10(17)5-7-16-12(19)3-4-13(16)20;1-6-2(5)4-3;/h3-4H,1-2,5-11H2;4-5H,2-3,6-11H2,1H3,(H,17,20);3-4H,1-2,5-9,14H2,(H,15,18);3H2,1H3,(H,4,5);1H4. The van der Waals surface area contributed by atoms with Crippen LogP contribution < -0.4 is 27.9 Å². The van der Waals surface area contributed by atoms with E-state index in [1.807, 2.05) is 5.43 Å². The summed E-state index contributed by atoms with van der Waals surface area (Å²) in [5, 5.41) is 2.86. The first-order chi connectivity index (χ1) is 37.7. The Morgan fingerprint density at radius 2 is 0.800 bits per heavy atom. The summed E-state index contributed by atoms with van der Waals surface area (Å²) in [6, 6.07) is 0. The second-order valence-corrected chi connectivity index (χ2v) is 16.3. The molecule has 0 saturated carbocycles. The second-order valence-electron chi connectivity index (χ2n) is 16.3. The number of carbonyl (C=O) groups is 16. The molecule has 1 saturated heterocycles. The number of carbonyl (C=O) groups excluding carboxylic acids is 16. The molecule has 0 bridgehead atoms. The van der Waals surface area contributed by atoms with Crippen molar-refractivity contribution >= 4 is 94.5 Å². The first-order valence-corrected chi connectivity index (χ1v) is 24.5. The van der Waals surface area contributed by atoms with Crippen molar-refractivity contribution in [3.63, 3.8) is 0 Å². The predicted molar refractivity (Wildman–Crippen MR) is 271 cm³/mol. The Labute approximate surface area is 460 Å². The number of nitrogens with one attached hydrogen (secondary N) is 3. The first-order valence-electron chi connectivity index (χ1n) is 24.5. The monoisotopic (exact) mass is 1140 g/mol. The number of ether oxygens (including phenoxy) is 5. The molecular formula is C49H71N9O22. The van der Waals surface area contributed by atoms with Gasteiger partial charge in [-0.15, -0.1) is 5.06 Å². The van der Waals surface area contributed by atoms with Crippen molar-refractivity contribution in [2.45, 2.75) is 97.3 Å². The Balaban J connectivity index is 0.00000111. The topological polar surface area (TPSA) is 430 Å². The van der Waals surface area contributed by atoms with Gasteiger partial charge < -0.3 is 33.8 Å². The summed E-state index contributed by atoms with van der Waals surface area (Å²) in [5.74, 6) is 3.89. The molecule has 1 fully saturated rings. The van der Waals surface area contributed by atoms with E-state index in [2.05, 4.69) is 25.5 Å². The number of nitrogens with two attached hydrogens (primary N) is 2. The average molecular weight is 1140 g/mol.